The van der Waals surface area contributed by atoms with Crippen LogP contribution in [0.15, 0.2) is 70.0 Å². The maximum absolute atomic E-state index is 12.8. The standard InChI is InChI=1S/C21H16BrNO6S/c1-13-6-8-14(9-7-13)30(26,27)29-21(12-22)17-10-16-15-4-2-3-5-19(15)28-20(16)11-18(17)23(24)25/h2-11,21H,12H2,1H3. The monoisotopic (exact) mass is 489 g/mol. The van der Waals surface area contributed by atoms with Gasteiger partial charge in [0.05, 0.1) is 21.4 Å². The van der Waals surface area contributed by atoms with Crippen molar-refractivity contribution in [3.05, 3.63) is 81.9 Å². The van der Waals surface area contributed by atoms with Crippen molar-refractivity contribution < 1.29 is 21.9 Å². The lowest BCUT2D eigenvalue weighted by molar-refractivity contribution is -0.385. The Morgan fingerprint density at radius 1 is 1.07 bits per heavy atom. The van der Waals surface area contributed by atoms with Gasteiger partial charge < -0.3 is 4.42 Å². The summed E-state index contributed by atoms with van der Waals surface area (Å²) in [5.74, 6) is 0. The third-order valence-electron chi connectivity index (χ3n) is 4.76. The van der Waals surface area contributed by atoms with E-state index in [0.717, 1.165) is 10.9 Å². The van der Waals surface area contributed by atoms with Crippen LogP contribution in [0.4, 0.5) is 5.69 Å². The summed E-state index contributed by atoms with van der Waals surface area (Å²) in [6.45, 7) is 1.84. The Morgan fingerprint density at radius 3 is 2.43 bits per heavy atom. The van der Waals surface area contributed by atoms with Crippen molar-refractivity contribution >= 4 is 53.7 Å². The molecule has 0 aliphatic heterocycles. The zero-order valence-corrected chi connectivity index (χ0v) is 18.1. The number of rotatable bonds is 6. The van der Waals surface area contributed by atoms with Gasteiger partial charge in [-0.05, 0) is 31.2 Å². The quantitative estimate of drug-likeness (QED) is 0.150. The molecule has 0 fully saturated rings. The van der Waals surface area contributed by atoms with Gasteiger partial charge in [0.25, 0.3) is 15.8 Å². The van der Waals surface area contributed by atoms with Crippen LogP contribution in [0.25, 0.3) is 21.9 Å². The second kappa shape index (κ2) is 7.82. The van der Waals surface area contributed by atoms with Crippen molar-refractivity contribution in [2.24, 2.45) is 0 Å². The molecule has 0 N–H and O–H groups in total. The predicted molar refractivity (Wildman–Crippen MR) is 116 cm³/mol. The molecular weight excluding hydrogens is 474 g/mol. The van der Waals surface area contributed by atoms with Gasteiger partial charge in [-0.2, -0.15) is 8.42 Å². The van der Waals surface area contributed by atoms with Gasteiger partial charge in [0, 0.05) is 16.1 Å². The van der Waals surface area contributed by atoms with Crippen LogP contribution in [0, 0.1) is 17.0 Å². The Labute approximate surface area is 180 Å². The maximum atomic E-state index is 12.8. The minimum absolute atomic E-state index is 0.0171. The van der Waals surface area contributed by atoms with E-state index in [2.05, 4.69) is 15.9 Å². The summed E-state index contributed by atoms with van der Waals surface area (Å²) in [4.78, 5) is 11.1. The Bertz CT molecular complexity index is 1360. The molecule has 1 aromatic heterocycles. The van der Waals surface area contributed by atoms with Crippen molar-refractivity contribution in [3.63, 3.8) is 0 Å². The second-order valence-corrected chi connectivity index (χ2v) is 8.99. The Hall–Kier alpha value is -2.75. The van der Waals surface area contributed by atoms with E-state index in [4.69, 9.17) is 8.60 Å². The first-order chi connectivity index (χ1) is 14.3. The molecule has 1 atom stereocenters. The Morgan fingerprint density at radius 2 is 1.77 bits per heavy atom. The molecular formula is C21H16BrNO6S. The van der Waals surface area contributed by atoms with E-state index in [1.54, 1.807) is 30.3 Å². The van der Waals surface area contributed by atoms with Gasteiger partial charge in [-0.25, -0.2) is 0 Å². The summed E-state index contributed by atoms with van der Waals surface area (Å²) in [7, 11) is -4.14. The summed E-state index contributed by atoms with van der Waals surface area (Å²) in [6, 6.07) is 16.3. The fraction of sp³-hybridized carbons (Fsp3) is 0.143. The van der Waals surface area contributed by atoms with Crippen LogP contribution in [-0.4, -0.2) is 18.7 Å². The SMILES string of the molecule is Cc1ccc(S(=O)(=O)OC(CBr)c2cc3c(cc2[N+](=O)[O-])oc2ccccc23)cc1. The van der Waals surface area contributed by atoms with E-state index in [-0.39, 0.29) is 21.5 Å². The smallest absolute Gasteiger partial charge is 0.297 e. The highest BCUT2D eigenvalue weighted by molar-refractivity contribution is 9.09. The number of benzene rings is 3. The second-order valence-electron chi connectivity index (χ2n) is 6.77. The van der Waals surface area contributed by atoms with Crippen LogP contribution in [0.5, 0.6) is 0 Å². The lowest BCUT2D eigenvalue weighted by Crippen LogP contribution is -2.15. The number of hydrogen-bond donors (Lipinski definition) is 0. The van der Waals surface area contributed by atoms with Gasteiger partial charge in [0.15, 0.2) is 0 Å². The van der Waals surface area contributed by atoms with Crippen molar-refractivity contribution in [1.82, 2.24) is 0 Å². The van der Waals surface area contributed by atoms with E-state index in [1.807, 2.05) is 19.1 Å². The molecule has 4 rings (SSSR count). The molecule has 9 heteroatoms. The minimum Gasteiger partial charge on any atom is -0.456 e. The number of halogens is 1. The number of furan rings is 1. The van der Waals surface area contributed by atoms with Crippen molar-refractivity contribution in [1.29, 1.82) is 0 Å². The molecule has 1 heterocycles. The van der Waals surface area contributed by atoms with Crippen LogP contribution in [0.3, 0.4) is 0 Å². The topological polar surface area (TPSA) is 99.7 Å². The highest BCUT2D eigenvalue weighted by Crippen LogP contribution is 2.38. The van der Waals surface area contributed by atoms with Gasteiger partial charge in [-0.1, -0.05) is 51.8 Å². The number of alkyl halides is 1. The molecule has 0 bridgehead atoms. The number of para-hydroxylation sites is 1. The first-order valence-electron chi connectivity index (χ1n) is 8.95. The molecule has 154 valence electrons. The predicted octanol–water partition coefficient (Wildman–Crippen LogP) is 5.64. The Kier molecular flexibility index (Phi) is 5.35. The lowest BCUT2D eigenvalue weighted by atomic mass is 10.0. The van der Waals surface area contributed by atoms with E-state index in [1.165, 1.54) is 18.2 Å². The van der Waals surface area contributed by atoms with Gasteiger partial charge in [0.1, 0.15) is 17.3 Å². The Balaban J connectivity index is 1.84. The third kappa shape index (κ3) is 3.71. The highest BCUT2D eigenvalue weighted by atomic mass is 79.9. The molecule has 0 amide bonds. The molecule has 7 nitrogen and oxygen atoms in total. The summed E-state index contributed by atoms with van der Waals surface area (Å²) in [6.07, 6.45) is -1.10. The summed E-state index contributed by atoms with van der Waals surface area (Å²) in [5.41, 5.74) is 1.71. The van der Waals surface area contributed by atoms with Crippen LogP contribution >= 0.6 is 15.9 Å². The van der Waals surface area contributed by atoms with Gasteiger partial charge >= 0.3 is 0 Å². The molecule has 0 aliphatic rings. The maximum Gasteiger partial charge on any atom is 0.297 e. The van der Waals surface area contributed by atoms with Crippen LogP contribution in [0.2, 0.25) is 0 Å². The average Bonchev–Trinajstić information content (AvgIpc) is 3.09. The van der Waals surface area contributed by atoms with Gasteiger partial charge in [0.2, 0.25) is 0 Å². The molecule has 30 heavy (non-hydrogen) atoms. The number of hydrogen-bond acceptors (Lipinski definition) is 6. The van der Waals surface area contributed by atoms with Crippen molar-refractivity contribution in [2.45, 2.75) is 17.9 Å². The molecule has 0 radical (unpaired) electrons. The normalized spacial score (nSPS) is 13.0. The number of nitro benzene ring substituents is 1. The lowest BCUT2D eigenvalue weighted by Gasteiger charge is -2.16. The molecule has 4 aromatic rings. The number of nitrogens with zero attached hydrogens (tertiary/aromatic N) is 1. The van der Waals surface area contributed by atoms with E-state index < -0.39 is 21.1 Å². The average molecular weight is 490 g/mol. The zero-order chi connectivity index (χ0) is 21.5. The molecule has 1 unspecified atom stereocenters. The first-order valence-corrected chi connectivity index (χ1v) is 11.5. The number of aryl methyl sites for hydroxylation is 1. The van der Waals surface area contributed by atoms with Crippen molar-refractivity contribution in [2.75, 3.05) is 5.33 Å². The number of nitro groups is 1. The summed E-state index contributed by atoms with van der Waals surface area (Å²) < 4.78 is 36.7. The van der Waals surface area contributed by atoms with Crippen LogP contribution < -0.4 is 0 Å². The third-order valence-corrected chi connectivity index (χ3v) is 6.69. The molecule has 3 aromatic carbocycles. The minimum atomic E-state index is -4.14. The molecule has 0 saturated carbocycles. The summed E-state index contributed by atoms with van der Waals surface area (Å²) in [5, 5.41) is 13.2. The first kappa shape index (κ1) is 20.5. The zero-order valence-electron chi connectivity index (χ0n) is 15.7. The van der Waals surface area contributed by atoms with Gasteiger partial charge in [-0.15, -0.1) is 0 Å². The van der Waals surface area contributed by atoms with Crippen molar-refractivity contribution in [3.8, 4) is 0 Å². The van der Waals surface area contributed by atoms with E-state index >= 15 is 0 Å². The van der Waals surface area contributed by atoms with E-state index in [9.17, 15) is 18.5 Å². The van der Waals surface area contributed by atoms with Crippen LogP contribution in [0.1, 0.15) is 17.2 Å². The molecule has 0 saturated heterocycles. The molecule has 0 aliphatic carbocycles. The molecule has 0 spiro atoms. The highest BCUT2D eigenvalue weighted by Gasteiger charge is 2.29. The summed E-state index contributed by atoms with van der Waals surface area (Å²) >= 11 is 3.24. The largest absolute Gasteiger partial charge is 0.456 e. The van der Waals surface area contributed by atoms with Gasteiger partial charge in [-0.3, -0.25) is 14.3 Å². The van der Waals surface area contributed by atoms with E-state index in [0.29, 0.717) is 16.6 Å². The fourth-order valence-corrected chi connectivity index (χ4v) is 4.98. The number of fused-ring (bicyclic) bond motifs is 3. The van der Waals surface area contributed by atoms with Crippen LogP contribution in [-0.2, 0) is 14.3 Å². The fourth-order valence-electron chi connectivity index (χ4n) is 3.27.